The molecule has 2 heterocycles. The molecule has 4 aromatic rings. The second kappa shape index (κ2) is 10.1. The number of rotatable bonds is 9. The summed E-state index contributed by atoms with van der Waals surface area (Å²) >= 11 is 1.47. The van der Waals surface area contributed by atoms with Gasteiger partial charge in [-0.05, 0) is 36.2 Å². The number of aromatic amines is 1. The molecule has 0 spiro atoms. The van der Waals surface area contributed by atoms with Gasteiger partial charge in [0.15, 0.2) is 0 Å². The first-order chi connectivity index (χ1) is 15.6. The van der Waals surface area contributed by atoms with E-state index < -0.39 is 6.10 Å². The average Bonchev–Trinajstić information content (AvgIpc) is 3.24. The Labute approximate surface area is 191 Å². The van der Waals surface area contributed by atoms with Gasteiger partial charge in [-0.3, -0.25) is 9.69 Å². The smallest absolute Gasteiger partial charge is 0.260 e. The van der Waals surface area contributed by atoms with E-state index in [1.807, 2.05) is 60.0 Å². The first kappa shape index (κ1) is 22.2. The third kappa shape index (κ3) is 4.91. The minimum Gasteiger partial charge on any atom is -0.497 e. The van der Waals surface area contributed by atoms with Crippen molar-refractivity contribution in [1.82, 2.24) is 14.9 Å². The molecule has 2 aromatic carbocycles. The Morgan fingerprint density at radius 2 is 1.91 bits per heavy atom. The van der Waals surface area contributed by atoms with E-state index in [1.165, 1.54) is 11.3 Å². The number of H-pyrrole nitrogens is 1. The summed E-state index contributed by atoms with van der Waals surface area (Å²) in [4.78, 5) is 23.5. The molecule has 0 radical (unpaired) electrons. The van der Waals surface area contributed by atoms with Crippen molar-refractivity contribution >= 4 is 21.6 Å². The number of benzene rings is 2. The van der Waals surface area contributed by atoms with Crippen LogP contribution in [0.3, 0.4) is 0 Å². The van der Waals surface area contributed by atoms with Crippen LogP contribution in [0.1, 0.15) is 30.8 Å². The fraction of sp³-hybridized carbons (Fsp3) is 0.280. The summed E-state index contributed by atoms with van der Waals surface area (Å²) in [7, 11) is 1.63. The maximum Gasteiger partial charge on any atom is 0.260 e. The molecule has 1 atom stereocenters. The number of hydrogen-bond donors (Lipinski definition) is 2. The van der Waals surface area contributed by atoms with Crippen molar-refractivity contribution in [2.24, 2.45) is 0 Å². The quantitative estimate of drug-likeness (QED) is 0.390. The van der Waals surface area contributed by atoms with Gasteiger partial charge in [0.05, 0.1) is 25.1 Å². The van der Waals surface area contributed by atoms with Crippen molar-refractivity contribution < 1.29 is 9.84 Å². The summed E-state index contributed by atoms with van der Waals surface area (Å²) in [5, 5.41) is 13.2. The number of ether oxygens (including phenoxy) is 1. The van der Waals surface area contributed by atoms with Crippen molar-refractivity contribution in [3.63, 3.8) is 0 Å². The number of fused-ring (bicyclic) bond motifs is 1. The van der Waals surface area contributed by atoms with Gasteiger partial charge in [-0.15, -0.1) is 11.3 Å². The standard InChI is InChI=1S/C25H27N3O3S/c1-3-13-28(14-21(29)18-7-5-4-6-8-18)15-22-26-24(30)23-20(16-32-25(23)27-22)17-9-11-19(31-2)12-10-17/h4-12,16,21,29H,3,13-15H2,1-2H3,(H,26,27,30). The fourth-order valence-corrected chi connectivity index (χ4v) is 4.81. The molecule has 0 aliphatic heterocycles. The Morgan fingerprint density at radius 1 is 1.16 bits per heavy atom. The highest BCUT2D eigenvalue weighted by Gasteiger charge is 2.17. The molecule has 2 aromatic heterocycles. The molecule has 0 saturated heterocycles. The highest BCUT2D eigenvalue weighted by molar-refractivity contribution is 7.17. The highest BCUT2D eigenvalue weighted by Crippen LogP contribution is 2.31. The third-order valence-corrected chi connectivity index (χ3v) is 6.29. The van der Waals surface area contributed by atoms with Crippen LogP contribution < -0.4 is 10.3 Å². The maximum absolute atomic E-state index is 13.0. The van der Waals surface area contributed by atoms with Gasteiger partial charge in [0.25, 0.3) is 5.56 Å². The van der Waals surface area contributed by atoms with Gasteiger partial charge in [-0.25, -0.2) is 4.98 Å². The molecule has 4 rings (SSSR count). The molecule has 0 bridgehead atoms. The summed E-state index contributed by atoms with van der Waals surface area (Å²) in [6, 6.07) is 17.3. The number of methoxy groups -OCH3 is 1. The fourth-order valence-electron chi connectivity index (χ4n) is 3.84. The topological polar surface area (TPSA) is 78.5 Å². The van der Waals surface area contributed by atoms with Crippen molar-refractivity contribution in [3.8, 4) is 16.9 Å². The lowest BCUT2D eigenvalue weighted by Gasteiger charge is -2.24. The van der Waals surface area contributed by atoms with Crippen LogP contribution >= 0.6 is 11.3 Å². The van der Waals surface area contributed by atoms with Gasteiger partial charge in [-0.2, -0.15) is 0 Å². The lowest BCUT2D eigenvalue weighted by molar-refractivity contribution is 0.107. The van der Waals surface area contributed by atoms with Gasteiger partial charge in [-0.1, -0.05) is 49.4 Å². The Hall–Kier alpha value is -3.00. The SMILES string of the molecule is CCCN(Cc1nc2scc(-c3ccc(OC)cc3)c2c(=O)[nH]1)CC(O)c1ccccc1. The molecule has 6 nitrogen and oxygen atoms in total. The predicted octanol–water partition coefficient (Wildman–Crippen LogP) is 4.61. The molecule has 166 valence electrons. The second-order valence-corrected chi connectivity index (χ2v) is 8.59. The van der Waals surface area contributed by atoms with E-state index in [0.29, 0.717) is 24.3 Å². The largest absolute Gasteiger partial charge is 0.497 e. The first-order valence-electron chi connectivity index (χ1n) is 10.7. The first-order valence-corrected chi connectivity index (χ1v) is 11.6. The monoisotopic (exact) mass is 449 g/mol. The van der Waals surface area contributed by atoms with Crippen molar-refractivity contribution in [3.05, 3.63) is 81.7 Å². The number of hydrogen-bond acceptors (Lipinski definition) is 6. The molecular formula is C25H27N3O3S. The number of aliphatic hydroxyl groups excluding tert-OH is 1. The summed E-state index contributed by atoms with van der Waals surface area (Å²) in [5.41, 5.74) is 2.57. The molecule has 0 amide bonds. The van der Waals surface area contributed by atoms with Crippen LogP contribution in [-0.2, 0) is 6.54 Å². The number of nitrogens with zero attached hydrogens (tertiary/aromatic N) is 2. The van der Waals surface area contributed by atoms with Gasteiger partial charge in [0, 0.05) is 17.5 Å². The van der Waals surface area contributed by atoms with Crippen molar-refractivity contribution in [2.75, 3.05) is 20.2 Å². The Balaban J connectivity index is 1.57. The van der Waals surface area contributed by atoms with E-state index in [9.17, 15) is 9.90 Å². The number of nitrogens with one attached hydrogen (secondary N) is 1. The molecule has 2 N–H and O–H groups in total. The normalized spacial score (nSPS) is 12.4. The molecule has 0 saturated carbocycles. The lowest BCUT2D eigenvalue weighted by atomic mass is 10.1. The second-order valence-electron chi connectivity index (χ2n) is 7.73. The number of aromatic nitrogens is 2. The third-order valence-electron chi connectivity index (χ3n) is 5.42. The summed E-state index contributed by atoms with van der Waals surface area (Å²) in [6.45, 7) is 3.84. The lowest BCUT2D eigenvalue weighted by Crippen LogP contribution is -2.30. The van der Waals surface area contributed by atoms with Crippen molar-refractivity contribution in [1.29, 1.82) is 0 Å². The van der Waals surface area contributed by atoms with E-state index in [1.54, 1.807) is 7.11 Å². The van der Waals surface area contributed by atoms with Gasteiger partial charge >= 0.3 is 0 Å². The van der Waals surface area contributed by atoms with Gasteiger partial charge < -0.3 is 14.8 Å². The summed E-state index contributed by atoms with van der Waals surface area (Å²) in [6.07, 6.45) is 0.343. The van der Waals surface area contributed by atoms with Gasteiger partial charge in [0.1, 0.15) is 16.4 Å². The summed E-state index contributed by atoms with van der Waals surface area (Å²) in [5.74, 6) is 1.38. The van der Waals surface area contributed by atoms with E-state index in [0.717, 1.165) is 40.2 Å². The van der Waals surface area contributed by atoms with Crippen LogP contribution in [0.4, 0.5) is 0 Å². The molecule has 0 aliphatic carbocycles. The Morgan fingerprint density at radius 3 is 2.59 bits per heavy atom. The van der Waals surface area contributed by atoms with Crippen LogP contribution in [-0.4, -0.2) is 40.2 Å². The van der Waals surface area contributed by atoms with Crippen LogP contribution in [0.5, 0.6) is 5.75 Å². The average molecular weight is 450 g/mol. The van der Waals surface area contributed by atoms with Crippen LogP contribution in [0.15, 0.2) is 64.8 Å². The minimum atomic E-state index is -0.596. The molecule has 32 heavy (non-hydrogen) atoms. The maximum atomic E-state index is 13.0. The Kier molecular flexibility index (Phi) is 6.99. The minimum absolute atomic E-state index is 0.142. The Bertz CT molecular complexity index is 1220. The van der Waals surface area contributed by atoms with E-state index in [2.05, 4.69) is 16.8 Å². The molecule has 1 unspecified atom stereocenters. The predicted molar refractivity (Wildman–Crippen MR) is 129 cm³/mol. The molecule has 0 aliphatic rings. The summed E-state index contributed by atoms with van der Waals surface area (Å²) < 4.78 is 5.23. The van der Waals surface area contributed by atoms with Crippen molar-refractivity contribution in [2.45, 2.75) is 26.0 Å². The zero-order valence-corrected chi connectivity index (χ0v) is 19.1. The highest BCUT2D eigenvalue weighted by atomic mass is 32.1. The molecular weight excluding hydrogens is 422 g/mol. The zero-order chi connectivity index (χ0) is 22.5. The molecule has 0 fully saturated rings. The van der Waals surface area contributed by atoms with Crippen LogP contribution in [0.2, 0.25) is 0 Å². The molecule has 7 heteroatoms. The number of aliphatic hydroxyl groups is 1. The van der Waals surface area contributed by atoms with Gasteiger partial charge in [0.2, 0.25) is 0 Å². The van der Waals surface area contributed by atoms with E-state index >= 15 is 0 Å². The number of thiophene rings is 1. The zero-order valence-electron chi connectivity index (χ0n) is 18.2. The van der Waals surface area contributed by atoms with Crippen LogP contribution in [0.25, 0.3) is 21.3 Å². The van der Waals surface area contributed by atoms with Crippen LogP contribution in [0, 0.1) is 0 Å². The van der Waals surface area contributed by atoms with E-state index in [-0.39, 0.29) is 5.56 Å². The van der Waals surface area contributed by atoms with E-state index in [4.69, 9.17) is 9.72 Å².